The Balaban J connectivity index is 1.74. The number of hydrogen-bond donors (Lipinski definition) is 2. The van der Waals surface area contributed by atoms with E-state index < -0.39 is 0 Å². The van der Waals surface area contributed by atoms with Crippen LogP contribution >= 0.6 is 15.9 Å². The summed E-state index contributed by atoms with van der Waals surface area (Å²) in [5.74, 6) is 0.835. The summed E-state index contributed by atoms with van der Waals surface area (Å²) in [6.45, 7) is 0. The summed E-state index contributed by atoms with van der Waals surface area (Å²) in [6.07, 6.45) is 1.65. The van der Waals surface area contributed by atoms with Crippen LogP contribution in [-0.4, -0.2) is 9.97 Å². The molecule has 22 heavy (non-hydrogen) atoms. The smallest absolute Gasteiger partial charge is 0.229 e. The summed E-state index contributed by atoms with van der Waals surface area (Å²) in [6, 6.07) is 15.6. The minimum atomic E-state index is -0.272. The molecule has 0 unspecified atom stereocenters. The Morgan fingerprint density at radius 2 is 1.45 bits per heavy atom. The van der Waals surface area contributed by atoms with E-state index in [4.69, 9.17) is 0 Å². The predicted octanol–water partition coefficient (Wildman–Crippen LogP) is 4.87. The van der Waals surface area contributed by atoms with Gasteiger partial charge >= 0.3 is 0 Å². The highest BCUT2D eigenvalue weighted by Crippen LogP contribution is 2.19. The van der Waals surface area contributed by atoms with Gasteiger partial charge < -0.3 is 10.6 Å². The summed E-state index contributed by atoms with van der Waals surface area (Å²) < 4.78 is 13.9. The maximum Gasteiger partial charge on any atom is 0.229 e. The van der Waals surface area contributed by atoms with Crippen molar-refractivity contribution >= 4 is 39.1 Å². The van der Waals surface area contributed by atoms with Crippen molar-refractivity contribution < 1.29 is 4.39 Å². The molecule has 2 aromatic carbocycles. The van der Waals surface area contributed by atoms with Crippen LogP contribution in [0.5, 0.6) is 0 Å². The number of benzene rings is 2. The number of anilines is 4. The fraction of sp³-hybridized carbons (Fsp3) is 0. The highest BCUT2D eigenvalue weighted by Gasteiger charge is 2.01. The molecule has 3 aromatic rings. The average Bonchev–Trinajstić information content (AvgIpc) is 2.52. The summed E-state index contributed by atoms with van der Waals surface area (Å²) >= 11 is 3.39. The number of nitrogens with zero attached hydrogens (tertiary/aromatic N) is 2. The molecule has 0 atom stereocenters. The Labute approximate surface area is 135 Å². The molecule has 1 aromatic heterocycles. The van der Waals surface area contributed by atoms with Crippen LogP contribution < -0.4 is 10.6 Å². The van der Waals surface area contributed by atoms with Crippen molar-refractivity contribution in [3.8, 4) is 0 Å². The van der Waals surface area contributed by atoms with Gasteiger partial charge in [0, 0.05) is 22.0 Å². The van der Waals surface area contributed by atoms with Gasteiger partial charge in [-0.25, -0.2) is 9.37 Å². The fourth-order valence-corrected chi connectivity index (χ4v) is 2.10. The summed E-state index contributed by atoms with van der Waals surface area (Å²) in [7, 11) is 0. The normalized spacial score (nSPS) is 10.3. The molecule has 0 spiro atoms. The van der Waals surface area contributed by atoms with Crippen LogP contribution in [0.2, 0.25) is 0 Å². The number of aromatic nitrogens is 2. The molecule has 1 heterocycles. The summed E-state index contributed by atoms with van der Waals surface area (Å²) in [5.41, 5.74) is 1.65. The minimum absolute atomic E-state index is 0.272. The average molecular weight is 359 g/mol. The second-order valence-electron chi connectivity index (χ2n) is 4.53. The molecular weight excluding hydrogens is 347 g/mol. The van der Waals surface area contributed by atoms with Gasteiger partial charge in [-0.2, -0.15) is 4.98 Å². The Morgan fingerprint density at radius 3 is 2.18 bits per heavy atom. The van der Waals surface area contributed by atoms with Gasteiger partial charge in [-0.05, 0) is 54.6 Å². The quantitative estimate of drug-likeness (QED) is 0.698. The third kappa shape index (κ3) is 3.79. The lowest BCUT2D eigenvalue weighted by Crippen LogP contribution is -2.00. The van der Waals surface area contributed by atoms with Crippen molar-refractivity contribution in [3.63, 3.8) is 0 Å². The lowest BCUT2D eigenvalue weighted by Gasteiger charge is -2.08. The zero-order valence-corrected chi connectivity index (χ0v) is 13.0. The molecule has 0 radical (unpaired) electrons. The molecule has 0 saturated carbocycles. The van der Waals surface area contributed by atoms with Gasteiger partial charge in [0.2, 0.25) is 5.95 Å². The van der Waals surface area contributed by atoms with E-state index >= 15 is 0 Å². The van der Waals surface area contributed by atoms with E-state index in [1.165, 1.54) is 12.1 Å². The highest BCUT2D eigenvalue weighted by atomic mass is 79.9. The van der Waals surface area contributed by atoms with Crippen molar-refractivity contribution in [3.05, 3.63) is 71.1 Å². The molecular formula is C16H12BrFN4. The lowest BCUT2D eigenvalue weighted by atomic mass is 10.3. The van der Waals surface area contributed by atoms with Gasteiger partial charge in [0.05, 0.1) is 0 Å². The first-order valence-corrected chi connectivity index (χ1v) is 7.36. The maximum atomic E-state index is 12.9. The molecule has 0 fully saturated rings. The Hall–Kier alpha value is -2.47. The second kappa shape index (κ2) is 6.53. The van der Waals surface area contributed by atoms with Crippen LogP contribution in [0.1, 0.15) is 0 Å². The van der Waals surface area contributed by atoms with E-state index in [-0.39, 0.29) is 5.82 Å². The molecule has 0 aliphatic rings. The van der Waals surface area contributed by atoms with Crippen molar-refractivity contribution in [2.75, 3.05) is 10.6 Å². The van der Waals surface area contributed by atoms with Gasteiger partial charge in [0.1, 0.15) is 11.6 Å². The molecule has 4 nitrogen and oxygen atoms in total. The molecule has 0 saturated heterocycles. The van der Waals surface area contributed by atoms with Crippen molar-refractivity contribution in [2.24, 2.45) is 0 Å². The van der Waals surface area contributed by atoms with Crippen molar-refractivity contribution in [1.82, 2.24) is 9.97 Å². The number of hydrogen-bond acceptors (Lipinski definition) is 4. The molecule has 0 amide bonds. The van der Waals surface area contributed by atoms with Crippen LogP contribution in [0.3, 0.4) is 0 Å². The van der Waals surface area contributed by atoms with Gasteiger partial charge in [-0.3, -0.25) is 0 Å². The molecule has 0 bridgehead atoms. The van der Waals surface area contributed by atoms with Gasteiger partial charge in [0.25, 0.3) is 0 Å². The van der Waals surface area contributed by atoms with Crippen molar-refractivity contribution in [2.45, 2.75) is 0 Å². The summed E-state index contributed by atoms with van der Waals surface area (Å²) in [5, 5.41) is 6.22. The largest absolute Gasteiger partial charge is 0.340 e. The predicted molar refractivity (Wildman–Crippen MR) is 89.1 cm³/mol. The van der Waals surface area contributed by atoms with Crippen LogP contribution in [0.25, 0.3) is 0 Å². The molecule has 3 rings (SSSR count). The second-order valence-corrected chi connectivity index (χ2v) is 5.44. The summed E-state index contributed by atoms with van der Waals surface area (Å²) in [4.78, 5) is 8.55. The molecule has 0 aliphatic carbocycles. The van der Waals surface area contributed by atoms with Gasteiger partial charge in [-0.15, -0.1) is 0 Å². The number of halogens is 2. The van der Waals surface area contributed by atoms with E-state index in [1.807, 2.05) is 24.3 Å². The van der Waals surface area contributed by atoms with Crippen molar-refractivity contribution in [1.29, 1.82) is 0 Å². The van der Waals surface area contributed by atoms with E-state index in [0.717, 1.165) is 15.8 Å². The Bertz CT molecular complexity index is 697. The third-order valence-corrected chi connectivity index (χ3v) is 3.40. The van der Waals surface area contributed by atoms with Crippen LogP contribution in [-0.2, 0) is 0 Å². The van der Waals surface area contributed by atoms with E-state index in [9.17, 15) is 4.39 Å². The number of rotatable bonds is 4. The topological polar surface area (TPSA) is 49.8 Å². The highest BCUT2D eigenvalue weighted by molar-refractivity contribution is 9.10. The monoisotopic (exact) mass is 358 g/mol. The molecule has 0 aliphatic heterocycles. The van der Waals surface area contributed by atoms with E-state index in [0.29, 0.717) is 11.8 Å². The zero-order valence-electron chi connectivity index (χ0n) is 11.4. The maximum absolute atomic E-state index is 12.9. The van der Waals surface area contributed by atoms with Gasteiger partial charge in [0.15, 0.2) is 0 Å². The lowest BCUT2D eigenvalue weighted by molar-refractivity contribution is 0.628. The van der Waals surface area contributed by atoms with Crippen LogP contribution in [0, 0.1) is 5.82 Å². The van der Waals surface area contributed by atoms with Crippen LogP contribution in [0.4, 0.5) is 27.5 Å². The minimum Gasteiger partial charge on any atom is -0.340 e. The fourth-order valence-electron chi connectivity index (χ4n) is 1.83. The SMILES string of the molecule is Fc1ccc(Nc2ccnc(Nc3ccc(Br)cc3)n2)cc1. The zero-order chi connectivity index (χ0) is 15.4. The number of nitrogens with one attached hydrogen (secondary N) is 2. The van der Waals surface area contributed by atoms with E-state index in [1.54, 1.807) is 24.4 Å². The first-order chi connectivity index (χ1) is 10.7. The van der Waals surface area contributed by atoms with E-state index in [2.05, 4.69) is 36.5 Å². The molecule has 2 N–H and O–H groups in total. The van der Waals surface area contributed by atoms with Gasteiger partial charge in [-0.1, -0.05) is 15.9 Å². The first kappa shape index (κ1) is 14.5. The molecule has 6 heteroatoms. The Morgan fingerprint density at radius 1 is 0.818 bits per heavy atom. The third-order valence-electron chi connectivity index (χ3n) is 2.87. The molecule has 110 valence electrons. The van der Waals surface area contributed by atoms with Crippen LogP contribution in [0.15, 0.2) is 65.3 Å². The first-order valence-electron chi connectivity index (χ1n) is 6.57. The Kier molecular flexibility index (Phi) is 4.29. The standard InChI is InChI=1S/C16H12BrFN4/c17-11-1-5-14(6-2-11)21-16-19-10-9-15(22-16)20-13-7-3-12(18)4-8-13/h1-10H,(H2,19,20,21,22).